The zero-order valence-electron chi connectivity index (χ0n) is 16.1. The predicted molar refractivity (Wildman–Crippen MR) is 115 cm³/mol. The molecule has 1 saturated heterocycles. The lowest BCUT2D eigenvalue weighted by Gasteiger charge is -2.20. The number of benzene rings is 1. The first-order chi connectivity index (χ1) is 14.7. The topological polar surface area (TPSA) is 100 Å². The van der Waals surface area contributed by atoms with Crippen LogP contribution in [0, 0.1) is 5.92 Å². The lowest BCUT2D eigenvalue weighted by molar-refractivity contribution is 0.0547. The number of anilines is 1. The molecule has 4 aromatic rings. The van der Waals surface area contributed by atoms with Gasteiger partial charge < -0.3 is 24.6 Å². The number of ketones is 1. The van der Waals surface area contributed by atoms with Crippen LogP contribution in [0.15, 0.2) is 53.1 Å². The molecule has 1 aromatic carbocycles. The summed E-state index contributed by atoms with van der Waals surface area (Å²) in [6.45, 7) is 1.19. The molecular weight excluding hydrogens is 402 g/mol. The van der Waals surface area contributed by atoms with Crippen molar-refractivity contribution < 1.29 is 19.1 Å². The van der Waals surface area contributed by atoms with Crippen LogP contribution in [0.25, 0.3) is 22.4 Å². The van der Waals surface area contributed by atoms with Gasteiger partial charge in [0.2, 0.25) is 0 Å². The molecule has 5 rings (SSSR count). The first kappa shape index (κ1) is 19.0. The molecule has 3 aromatic heterocycles. The molecule has 1 aliphatic rings. The first-order valence-corrected chi connectivity index (χ1v) is 10.7. The van der Waals surface area contributed by atoms with Gasteiger partial charge in [-0.3, -0.25) is 4.79 Å². The molecule has 4 heterocycles. The number of hydrogen-bond donors (Lipinski definition) is 3. The van der Waals surface area contributed by atoms with Crippen LogP contribution in [0.2, 0.25) is 0 Å². The van der Waals surface area contributed by atoms with E-state index >= 15 is 0 Å². The molecule has 0 aliphatic carbocycles. The standard InChI is InChI=1S/C22H21N3O4S/c26-19(13-7-10-28-11-8-13)20-18(17-6-3-9-29-17)24-22(30-20)25-21(27)16-12-14-4-1-2-5-15(14)23-16/h1-6,9,12-13,21,23,27H,7-8,10-11H2,(H,24,25). The number of carbonyl (C=O) groups excluding carboxylic acids is 1. The minimum absolute atomic E-state index is 0.0513. The number of aliphatic hydroxyl groups is 1. The van der Waals surface area contributed by atoms with Crippen molar-refractivity contribution in [1.29, 1.82) is 0 Å². The Morgan fingerprint density at radius 1 is 1.23 bits per heavy atom. The molecule has 0 spiro atoms. The molecule has 7 nitrogen and oxygen atoms in total. The van der Waals surface area contributed by atoms with Crippen molar-refractivity contribution in [3.8, 4) is 11.5 Å². The van der Waals surface area contributed by atoms with Gasteiger partial charge in [0.1, 0.15) is 10.6 Å². The van der Waals surface area contributed by atoms with Crippen LogP contribution in [0.4, 0.5) is 5.13 Å². The second-order valence-electron chi connectivity index (χ2n) is 7.28. The summed E-state index contributed by atoms with van der Waals surface area (Å²) in [7, 11) is 0. The van der Waals surface area contributed by atoms with Crippen molar-refractivity contribution in [3.05, 3.63) is 59.3 Å². The first-order valence-electron chi connectivity index (χ1n) is 9.88. The second-order valence-corrected chi connectivity index (χ2v) is 8.28. The lowest BCUT2D eigenvalue weighted by atomic mass is 9.94. The van der Waals surface area contributed by atoms with E-state index in [1.807, 2.05) is 30.3 Å². The summed E-state index contributed by atoms with van der Waals surface area (Å²) in [4.78, 5) is 21.5. The Bertz CT molecular complexity index is 1130. The fraction of sp³-hybridized carbons (Fsp3) is 0.273. The smallest absolute Gasteiger partial charge is 0.186 e. The highest BCUT2D eigenvalue weighted by atomic mass is 32.1. The van der Waals surface area contributed by atoms with Gasteiger partial charge in [0, 0.05) is 24.6 Å². The SMILES string of the molecule is O=C(c1sc(NC(O)c2cc3ccccc3[nH]2)nc1-c1ccco1)C1CCOCC1. The highest BCUT2D eigenvalue weighted by Gasteiger charge is 2.29. The van der Waals surface area contributed by atoms with Gasteiger partial charge >= 0.3 is 0 Å². The maximum absolute atomic E-state index is 13.2. The molecule has 1 unspecified atom stereocenters. The molecular formula is C22H21N3O4S. The Kier molecular flexibility index (Phi) is 5.12. The van der Waals surface area contributed by atoms with Gasteiger partial charge in [0.05, 0.1) is 12.0 Å². The number of furan rings is 1. The molecule has 1 atom stereocenters. The number of Topliss-reactive ketones (excluding diaryl/α,β-unsaturated/α-hetero) is 1. The number of nitrogens with one attached hydrogen (secondary N) is 2. The highest BCUT2D eigenvalue weighted by Crippen LogP contribution is 2.36. The molecule has 3 N–H and O–H groups in total. The Morgan fingerprint density at radius 2 is 2.07 bits per heavy atom. The molecule has 30 heavy (non-hydrogen) atoms. The number of H-pyrrole nitrogens is 1. The largest absolute Gasteiger partial charge is 0.463 e. The summed E-state index contributed by atoms with van der Waals surface area (Å²) in [5.41, 5.74) is 2.08. The number of ether oxygens (including phenoxy) is 1. The number of para-hydroxylation sites is 1. The lowest BCUT2D eigenvalue weighted by Crippen LogP contribution is -2.23. The van der Waals surface area contributed by atoms with Gasteiger partial charge in [-0.15, -0.1) is 0 Å². The second kappa shape index (κ2) is 8.06. The normalized spacial score (nSPS) is 16.0. The average Bonchev–Trinajstić information content (AvgIpc) is 3.52. The highest BCUT2D eigenvalue weighted by molar-refractivity contribution is 7.18. The molecule has 0 radical (unpaired) electrons. The van der Waals surface area contributed by atoms with Crippen molar-refractivity contribution in [2.75, 3.05) is 18.5 Å². The van der Waals surface area contributed by atoms with Gasteiger partial charge in [0.15, 0.2) is 22.9 Å². The summed E-state index contributed by atoms with van der Waals surface area (Å²) in [5, 5.41) is 15.2. The average molecular weight is 423 g/mol. The van der Waals surface area contributed by atoms with E-state index in [0.717, 1.165) is 10.9 Å². The summed E-state index contributed by atoms with van der Waals surface area (Å²) >= 11 is 1.24. The van der Waals surface area contributed by atoms with Gasteiger partial charge in [-0.05, 0) is 42.5 Å². The van der Waals surface area contributed by atoms with Gasteiger partial charge in [-0.2, -0.15) is 0 Å². The van der Waals surface area contributed by atoms with Gasteiger partial charge in [-0.25, -0.2) is 4.98 Å². The van der Waals surface area contributed by atoms with Crippen LogP contribution in [0.1, 0.15) is 34.4 Å². The van der Waals surface area contributed by atoms with Crippen LogP contribution < -0.4 is 5.32 Å². The maximum Gasteiger partial charge on any atom is 0.186 e. The van der Waals surface area contributed by atoms with Crippen molar-refractivity contribution >= 4 is 33.2 Å². The minimum Gasteiger partial charge on any atom is -0.463 e. The zero-order valence-corrected chi connectivity index (χ0v) is 16.9. The Morgan fingerprint density at radius 3 is 2.83 bits per heavy atom. The van der Waals surface area contributed by atoms with E-state index in [1.54, 1.807) is 18.4 Å². The third-order valence-electron chi connectivity index (χ3n) is 5.30. The maximum atomic E-state index is 13.2. The summed E-state index contributed by atoms with van der Waals surface area (Å²) in [5.74, 6) is 0.504. The van der Waals surface area contributed by atoms with Gasteiger partial charge in [0.25, 0.3) is 0 Å². The Balaban J connectivity index is 1.44. The Hall–Kier alpha value is -2.94. The van der Waals surface area contributed by atoms with Gasteiger partial charge in [-0.1, -0.05) is 29.5 Å². The number of rotatable bonds is 6. The number of carbonyl (C=O) groups is 1. The van der Waals surface area contributed by atoms with E-state index in [1.165, 1.54) is 11.3 Å². The van der Waals surface area contributed by atoms with Crippen molar-refractivity contribution in [2.45, 2.75) is 19.1 Å². The number of hydrogen-bond acceptors (Lipinski definition) is 7. The monoisotopic (exact) mass is 423 g/mol. The number of aliphatic hydroxyl groups excluding tert-OH is 1. The van der Waals surface area contributed by atoms with E-state index in [-0.39, 0.29) is 11.7 Å². The molecule has 8 heteroatoms. The number of thiazole rings is 1. The zero-order chi connectivity index (χ0) is 20.5. The number of nitrogens with zero attached hydrogens (tertiary/aromatic N) is 1. The fourth-order valence-corrected chi connectivity index (χ4v) is 4.72. The molecule has 0 bridgehead atoms. The van der Waals surface area contributed by atoms with Crippen LogP contribution in [0.3, 0.4) is 0 Å². The van der Waals surface area contributed by atoms with Crippen molar-refractivity contribution in [3.63, 3.8) is 0 Å². The number of fused-ring (bicyclic) bond motifs is 1. The third-order valence-corrected chi connectivity index (χ3v) is 6.30. The predicted octanol–water partition coefficient (Wildman–Crippen LogP) is 4.60. The number of aromatic nitrogens is 2. The Labute approximate surface area is 176 Å². The molecule has 0 saturated carbocycles. The minimum atomic E-state index is -0.987. The molecule has 1 aliphatic heterocycles. The van der Waals surface area contributed by atoms with E-state index in [4.69, 9.17) is 9.15 Å². The van der Waals surface area contributed by atoms with E-state index < -0.39 is 6.23 Å². The molecule has 1 fully saturated rings. The fourth-order valence-electron chi connectivity index (χ4n) is 3.71. The quantitative estimate of drug-likeness (QED) is 0.310. The van der Waals surface area contributed by atoms with Crippen LogP contribution in [0.5, 0.6) is 0 Å². The summed E-state index contributed by atoms with van der Waals surface area (Å²) in [6, 6.07) is 13.3. The molecule has 0 amide bonds. The third kappa shape index (κ3) is 3.65. The number of aromatic amines is 1. The van der Waals surface area contributed by atoms with Crippen molar-refractivity contribution in [2.24, 2.45) is 5.92 Å². The summed E-state index contributed by atoms with van der Waals surface area (Å²) in [6.07, 6.45) is 1.98. The van der Waals surface area contributed by atoms with Crippen LogP contribution >= 0.6 is 11.3 Å². The van der Waals surface area contributed by atoms with E-state index in [0.29, 0.717) is 53.2 Å². The van der Waals surface area contributed by atoms with Crippen LogP contribution in [-0.2, 0) is 4.74 Å². The van der Waals surface area contributed by atoms with Crippen molar-refractivity contribution in [1.82, 2.24) is 9.97 Å². The summed E-state index contributed by atoms with van der Waals surface area (Å²) < 4.78 is 10.9. The van der Waals surface area contributed by atoms with Crippen LogP contribution in [-0.4, -0.2) is 34.1 Å². The molecule has 154 valence electrons. The van der Waals surface area contributed by atoms with E-state index in [2.05, 4.69) is 15.3 Å². The van der Waals surface area contributed by atoms with E-state index in [9.17, 15) is 9.90 Å².